The van der Waals surface area contributed by atoms with E-state index in [0.717, 1.165) is 11.3 Å². The van der Waals surface area contributed by atoms with E-state index in [-0.39, 0.29) is 5.69 Å². The number of aryl methyl sites for hydroxylation is 1. The number of carboxylic acids is 1. The fraction of sp³-hybridized carbons (Fsp3) is 0.0909. The van der Waals surface area contributed by atoms with Gasteiger partial charge in [0, 0.05) is 6.07 Å². The van der Waals surface area contributed by atoms with Crippen LogP contribution in [0.15, 0.2) is 34.9 Å². The summed E-state index contributed by atoms with van der Waals surface area (Å²) in [5.41, 5.74) is 1.98. The number of rotatable bonds is 2. The van der Waals surface area contributed by atoms with Crippen LogP contribution in [0.2, 0.25) is 0 Å². The monoisotopic (exact) mass is 280 g/mol. The number of hydrogen-bond acceptors (Lipinski definition) is 2. The summed E-state index contributed by atoms with van der Waals surface area (Å²) in [6, 6.07) is 8.97. The Morgan fingerprint density at radius 1 is 1.38 bits per heavy atom. The van der Waals surface area contributed by atoms with Crippen LogP contribution in [0.25, 0.3) is 5.69 Å². The molecule has 4 nitrogen and oxygen atoms in total. The van der Waals surface area contributed by atoms with Crippen LogP contribution in [0.5, 0.6) is 0 Å². The van der Waals surface area contributed by atoms with E-state index in [4.69, 9.17) is 5.11 Å². The van der Waals surface area contributed by atoms with Crippen molar-refractivity contribution in [1.82, 2.24) is 9.78 Å². The first-order valence-electron chi connectivity index (χ1n) is 4.64. The molecule has 1 N–H and O–H groups in total. The predicted octanol–water partition coefficient (Wildman–Crippen LogP) is 2.64. The van der Waals surface area contributed by atoms with Crippen LogP contribution in [0.3, 0.4) is 0 Å². The molecule has 0 amide bonds. The largest absolute Gasteiger partial charge is 0.477 e. The number of aromatic carboxylic acids is 1. The molecule has 1 aromatic heterocycles. The topological polar surface area (TPSA) is 55.1 Å². The third-order valence-corrected chi connectivity index (χ3v) is 2.56. The number of halogens is 1. The van der Waals surface area contributed by atoms with E-state index in [9.17, 15) is 4.79 Å². The molecule has 1 aromatic carbocycles. The molecule has 5 heteroatoms. The van der Waals surface area contributed by atoms with Crippen LogP contribution in [0.4, 0.5) is 0 Å². The quantitative estimate of drug-likeness (QED) is 0.920. The molecule has 0 unspecified atom stereocenters. The molecular weight excluding hydrogens is 272 g/mol. The Hall–Kier alpha value is -1.62. The Kier molecular flexibility index (Phi) is 2.78. The average molecular weight is 281 g/mol. The Morgan fingerprint density at radius 3 is 2.56 bits per heavy atom. The molecule has 82 valence electrons. The number of carbonyl (C=O) groups is 1. The van der Waals surface area contributed by atoms with E-state index in [1.165, 1.54) is 10.7 Å². The number of carboxylic acid groups (broad SMARTS) is 1. The second-order valence-electron chi connectivity index (χ2n) is 3.40. The van der Waals surface area contributed by atoms with Crippen molar-refractivity contribution in [3.05, 3.63) is 46.2 Å². The van der Waals surface area contributed by atoms with Gasteiger partial charge >= 0.3 is 5.97 Å². The Morgan fingerprint density at radius 2 is 2.00 bits per heavy atom. The Bertz CT molecular complexity index is 531. The lowest BCUT2D eigenvalue weighted by atomic mass is 10.2. The summed E-state index contributed by atoms with van der Waals surface area (Å²) in [6.45, 7) is 1.97. The normalized spacial score (nSPS) is 10.4. The predicted molar refractivity (Wildman–Crippen MR) is 63.0 cm³/mol. The van der Waals surface area contributed by atoms with Gasteiger partial charge < -0.3 is 5.11 Å². The Labute approximate surface area is 101 Å². The van der Waals surface area contributed by atoms with Crippen molar-refractivity contribution in [3.63, 3.8) is 0 Å². The summed E-state index contributed by atoms with van der Waals surface area (Å²) in [7, 11) is 0. The van der Waals surface area contributed by atoms with Crippen molar-refractivity contribution < 1.29 is 9.90 Å². The number of aromatic nitrogens is 2. The van der Waals surface area contributed by atoms with Crippen molar-refractivity contribution in [3.8, 4) is 5.69 Å². The second-order valence-corrected chi connectivity index (χ2v) is 4.22. The molecule has 2 aromatic rings. The summed E-state index contributed by atoms with van der Waals surface area (Å²) < 4.78 is 1.90. The molecule has 0 saturated carbocycles. The number of nitrogens with zero attached hydrogens (tertiary/aromatic N) is 2. The summed E-state index contributed by atoms with van der Waals surface area (Å²) in [6.07, 6.45) is 0. The minimum absolute atomic E-state index is 0.135. The van der Waals surface area contributed by atoms with Gasteiger partial charge in [0.15, 0.2) is 5.69 Å². The van der Waals surface area contributed by atoms with Gasteiger partial charge in [0.25, 0.3) is 0 Å². The molecule has 2 rings (SSSR count). The van der Waals surface area contributed by atoms with Gasteiger partial charge in [0.05, 0.1) is 5.69 Å². The first-order valence-corrected chi connectivity index (χ1v) is 5.43. The average Bonchev–Trinajstić information content (AvgIpc) is 2.61. The standard InChI is InChI=1S/C11H9BrN2O2/c1-7-2-4-8(5-3-7)14-9(11(15)16)6-10(12)13-14/h2-6H,1H3,(H,15,16). The van der Waals surface area contributed by atoms with Crippen molar-refractivity contribution in [1.29, 1.82) is 0 Å². The molecule has 0 aliphatic heterocycles. The van der Waals surface area contributed by atoms with Crippen LogP contribution < -0.4 is 0 Å². The van der Waals surface area contributed by atoms with E-state index >= 15 is 0 Å². The highest BCUT2D eigenvalue weighted by Crippen LogP contribution is 2.16. The van der Waals surface area contributed by atoms with Crippen molar-refractivity contribution >= 4 is 21.9 Å². The zero-order valence-corrected chi connectivity index (χ0v) is 10.1. The van der Waals surface area contributed by atoms with Gasteiger partial charge in [-0.05, 0) is 35.0 Å². The van der Waals surface area contributed by atoms with Crippen LogP contribution in [-0.4, -0.2) is 20.9 Å². The molecule has 0 fully saturated rings. The van der Waals surface area contributed by atoms with Crippen LogP contribution in [0.1, 0.15) is 16.1 Å². The van der Waals surface area contributed by atoms with E-state index in [1.807, 2.05) is 31.2 Å². The summed E-state index contributed by atoms with van der Waals surface area (Å²) in [5, 5.41) is 13.1. The zero-order valence-electron chi connectivity index (χ0n) is 8.51. The first kappa shape index (κ1) is 10.9. The van der Waals surface area contributed by atoms with Crippen molar-refractivity contribution in [2.75, 3.05) is 0 Å². The highest BCUT2D eigenvalue weighted by molar-refractivity contribution is 9.10. The molecule has 0 bridgehead atoms. The molecule has 0 aliphatic carbocycles. The smallest absolute Gasteiger partial charge is 0.354 e. The van der Waals surface area contributed by atoms with Crippen LogP contribution >= 0.6 is 15.9 Å². The molecule has 0 atom stereocenters. The molecule has 0 radical (unpaired) electrons. The van der Waals surface area contributed by atoms with E-state index in [0.29, 0.717) is 4.60 Å². The third-order valence-electron chi connectivity index (χ3n) is 2.18. The van der Waals surface area contributed by atoms with Crippen LogP contribution in [-0.2, 0) is 0 Å². The van der Waals surface area contributed by atoms with E-state index in [1.54, 1.807) is 0 Å². The van der Waals surface area contributed by atoms with E-state index < -0.39 is 5.97 Å². The van der Waals surface area contributed by atoms with Crippen molar-refractivity contribution in [2.45, 2.75) is 6.92 Å². The maximum Gasteiger partial charge on any atom is 0.354 e. The van der Waals surface area contributed by atoms with Gasteiger partial charge in [-0.3, -0.25) is 0 Å². The minimum Gasteiger partial charge on any atom is -0.477 e. The van der Waals surface area contributed by atoms with Gasteiger partial charge in [-0.1, -0.05) is 17.7 Å². The third kappa shape index (κ3) is 1.99. The molecule has 16 heavy (non-hydrogen) atoms. The lowest BCUT2D eigenvalue weighted by Crippen LogP contribution is -2.07. The summed E-state index contributed by atoms with van der Waals surface area (Å²) in [5.74, 6) is -1.00. The van der Waals surface area contributed by atoms with Gasteiger partial charge in [0.1, 0.15) is 4.60 Å². The van der Waals surface area contributed by atoms with Gasteiger partial charge in [0.2, 0.25) is 0 Å². The van der Waals surface area contributed by atoms with Crippen LogP contribution in [0, 0.1) is 6.92 Å². The SMILES string of the molecule is Cc1ccc(-n2nc(Br)cc2C(=O)O)cc1. The fourth-order valence-electron chi connectivity index (χ4n) is 1.39. The molecule has 1 heterocycles. The number of hydrogen-bond donors (Lipinski definition) is 1. The maximum atomic E-state index is 11.0. The fourth-order valence-corrected chi connectivity index (χ4v) is 1.76. The lowest BCUT2D eigenvalue weighted by Gasteiger charge is -2.04. The van der Waals surface area contributed by atoms with Gasteiger partial charge in [-0.2, -0.15) is 5.10 Å². The molecule has 0 aliphatic rings. The van der Waals surface area contributed by atoms with Gasteiger partial charge in [-0.15, -0.1) is 0 Å². The number of benzene rings is 1. The first-order chi connectivity index (χ1) is 7.58. The molecule has 0 spiro atoms. The summed E-state index contributed by atoms with van der Waals surface area (Å²) in [4.78, 5) is 11.0. The lowest BCUT2D eigenvalue weighted by molar-refractivity contribution is 0.0687. The maximum absolute atomic E-state index is 11.0. The molecular formula is C11H9BrN2O2. The highest BCUT2D eigenvalue weighted by Gasteiger charge is 2.14. The summed E-state index contributed by atoms with van der Waals surface area (Å²) >= 11 is 3.17. The zero-order chi connectivity index (χ0) is 11.7. The minimum atomic E-state index is -1.00. The van der Waals surface area contributed by atoms with E-state index in [2.05, 4.69) is 21.0 Å². The van der Waals surface area contributed by atoms with Gasteiger partial charge in [-0.25, -0.2) is 9.48 Å². The second kappa shape index (κ2) is 4.09. The van der Waals surface area contributed by atoms with Crippen molar-refractivity contribution in [2.24, 2.45) is 0 Å². The Balaban J connectivity index is 2.55. The highest BCUT2D eigenvalue weighted by atomic mass is 79.9. The molecule has 0 saturated heterocycles.